The fourth-order valence-corrected chi connectivity index (χ4v) is 3.36. The molecule has 4 rings (SSSR count). The summed E-state index contributed by atoms with van der Waals surface area (Å²) in [5.41, 5.74) is 4.45. The summed E-state index contributed by atoms with van der Waals surface area (Å²) in [5.74, 6) is 0.185. The number of hydrogen-bond acceptors (Lipinski definition) is 4. The molecular weight excluding hydrogens is 334 g/mol. The zero-order chi connectivity index (χ0) is 18.6. The van der Waals surface area contributed by atoms with Gasteiger partial charge in [0, 0.05) is 29.0 Å². The summed E-state index contributed by atoms with van der Waals surface area (Å²) in [6.07, 6.45) is 4.39. The minimum Gasteiger partial charge on any atom is -0.505 e. The number of phenols is 1. The molecule has 2 aromatic heterocycles. The van der Waals surface area contributed by atoms with Crippen LogP contribution in [-0.2, 0) is 6.42 Å². The predicted octanol–water partition coefficient (Wildman–Crippen LogP) is 5.10. The summed E-state index contributed by atoms with van der Waals surface area (Å²) >= 11 is 0. The maximum atomic E-state index is 11.0. The van der Waals surface area contributed by atoms with Crippen LogP contribution >= 0.6 is 0 Å². The Morgan fingerprint density at radius 3 is 2.52 bits per heavy atom. The molecule has 2 heterocycles. The molecule has 2 N–H and O–H groups in total. The Morgan fingerprint density at radius 1 is 0.889 bits per heavy atom. The Labute approximate surface area is 158 Å². The second-order valence-electron chi connectivity index (χ2n) is 6.42. The maximum Gasteiger partial charge on any atom is 0.147 e. The number of anilines is 1. The first-order valence-corrected chi connectivity index (χ1v) is 9.10. The Kier molecular flexibility index (Phi) is 4.71. The van der Waals surface area contributed by atoms with Gasteiger partial charge < -0.3 is 10.4 Å². The van der Waals surface area contributed by atoms with Crippen LogP contribution in [0.3, 0.4) is 0 Å². The second-order valence-corrected chi connectivity index (χ2v) is 6.42. The second kappa shape index (κ2) is 7.46. The molecule has 0 aliphatic carbocycles. The van der Waals surface area contributed by atoms with E-state index in [-0.39, 0.29) is 11.8 Å². The molecule has 0 bridgehead atoms. The Morgan fingerprint density at radius 2 is 1.70 bits per heavy atom. The van der Waals surface area contributed by atoms with Gasteiger partial charge in [-0.3, -0.25) is 9.97 Å². The van der Waals surface area contributed by atoms with Gasteiger partial charge in [-0.1, -0.05) is 49.4 Å². The molecule has 134 valence electrons. The van der Waals surface area contributed by atoms with Crippen LogP contribution in [0, 0.1) is 0 Å². The lowest BCUT2D eigenvalue weighted by molar-refractivity contribution is 0.471. The van der Waals surface area contributed by atoms with Crippen LogP contribution < -0.4 is 5.32 Å². The van der Waals surface area contributed by atoms with Crippen molar-refractivity contribution in [2.75, 3.05) is 5.32 Å². The molecule has 0 spiro atoms. The van der Waals surface area contributed by atoms with Crippen molar-refractivity contribution >= 4 is 16.6 Å². The molecule has 0 aliphatic rings. The van der Waals surface area contributed by atoms with E-state index in [4.69, 9.17) is 0 Å². The van der Waals surface area contributed by atoms with E-state index in [2.05, 4.69) is 34.3 Å². The molecule has 4 heteroatoms. The zero-order valence-corrected chi connectivity index (χ0v) is 15.1. The monoisotopic (exact) mass is 355 g/mol. The van der Waals surface area contributed by atoms with Gasteiger partial charge in [0.1, 0.15) is 11.3 Å². The van der Waals surface area contributed by atoms with Gasteiger partial charge in [-0.25, -0.2) is 0 Å². The van der Waals surface area contributed by atoms with E-state index in [1.807, 2.05) is 54.6 Å². The lowest BCUT2D eigenvalue weighted by Crippen LogP contribution is -2.15. The quantitative estimate of drug-likeness (QED) is 0.523. The summed E-state index contributed by atoms with van der Waals surface area (Å²) in [4.78, 5) is 8.89. The van der Waals surface area contributed by atoms with Gasteiger partial charge in [0.25, 0.3) is 0 Å². The molecule has 0 aliphatic heterocycles. The van der Waals surface area contributed by atoms with Crippen molar-refractivity contribution in [3.8, 4) is 5.75 Å². The van der Waals surface area contributed by atoms with E-state index in [1.165, 1.54) is 5.56 Å². The number of pyridine rings is 2. The van der Waals surface area contributed by atoms with Gasteiger partial charge in [0.2, 0.25) is 0 Å². The minimum atomic E-state index is -0.287. The van der Waals surface area contributed by atoms with Crippen molar-refractivity contribution in [1.82, 2.24) is 9.97 Å². The number of nitrogens with one attached hydrogen (secondary N) is 1. The molecule has 4 nitrogen and oxygen atoms in total. The number of hydrogen-bond donors (Lipinski definition) is 2. The predicted molar refractivity (Wildman–Crippen MR) is 109 cm³/mol. The van der Waals surface area contributed by atoms with Gasteiger partial charge in [-0.2, -0.15) is 0 Å². The van der Waals surface area contributed by atoms with Crippen molar-refractivity contribution in [1.29, 1.82) is 0 Å². The highest BCUT2D eigenvalue weighted by Crippen LogP contribution is 2.36. The molecule has 2 aromatic carbocycles. The standard InChI is InChI=1S/C23H21N3O/c1-2-16-8-3-4-10-19(16)26-22(20-11-5-6-14-24-20)18-13-12-17-9-7-15-25-21(17)23(18)27/h3-15,22,26-27H,2H2,1H3. The van der Waals surface area contributed by atoms with E-state index in [0.29, 0.717) is 5.52 Å². The number of aromatic hydroxyl groups is 1. The highest BCUT2D eigenvalue weighted by atomic mass is 16.3. The van der Waals surface area contributed by atoms with E-state index < -0.39 is 0 Å². The minimum absolute atomic E-state index is 0.185. The third-order valence-electron chi connectivity index (χ3n) is 4.77. The van der Waals surface area contributed by atoms with Crippen molar-refractivity contribution in [2.24, 2.45) is 0 Å². The van der Waals surface area contributed by atoms with Gasteiger partial charge in [-0.05, 0) is 36.2 Å². The van der Waals surface area contributed by atoms with Crippen LogP contribution in [0.15, 0.2) is 79.1 Å². The fraction of sp³-hybridized carbons (Fsp3) is 0.130. The lowest BCUT2D eigenvalue weighted by atomic mass is 9.98. The summed E-state index contributed by atoms with van der Waals surface area (Å²) in [6, 6.07) is 21.5. The highest BCUT2D eigenvalue weighted by molar-refractivity contribution is 5.86. The van der Waals surface area contributed by atoms with Crippen molar-refractivity contribution < 1.29 is 5.11 Å². The highest BCUT2D eigenvalue weighted by Gasteiger charge is 2.21. The van der Waals surface area contributed by atoms with Crippen molar-refractivity contribution in [2.45, 2.75) is 19.4 Å². The van der Waals surface area contributed by atoms with Gasteiger partial charge in [-0.15, -0.1) is 0 Å². The molecule has 1 unspecified atom stereocenters. The molecule has 27 heavy (non-hydrogen) atoms. The molecule has 1 atom stereocenters. The summed E-state index contributed by atoms with van der Waals surface area (Å²) in [7, 11) is 0. The Balaban J connectivity index is 1.85. The fourth-order valence-electron chi connectivity index (χ4n) is 3.36. The third kappa shape index (κ3) is 3.34. The lowest BCUT2D eigenvalue weighted by Gasteiger charge is -2.23. The number of rotatable bonds is 5. The van der Waals surface area contributed by atoms with Gasteiger partial charge in [0.05, 0.1) is 11.7 Å². The number of para-hydroxylation sites is 1. The maximum absolute atomic E-state index is 11.0. The van der Waals surface area contributed by atoms with E-state index in [1.54, 1.807) is 12.4 Å². The summed E-state index contributed by atoms with van der Waals surface area (Å²) in [6.45, 7) is 2.13. The molecular formula is C23H21N3O. The summed E-state index contributed by atoms with van der Waals surface area (Å²) in [5, 5.41) is 15.5. The van der Waals surface area contributed by atoms with Crippen molar-refractivity contribution in [3.63, 3.8) is 0 Å². The third-order valence-corrected chi connectivity index (χ3v) is 4.77. The molecule has 0 radical (unpaired) electrons. The first kappa shape index (κ1) is 17.0. The van der Waals surface area contributed by atoms with Crippen LogP contribution in [0.5, 0.6) is 5.75 Å². The number of aryl methyl sites for hydroxylation is 1. The summed E-state index contributed by atoms with van der Waals surface area (Å²) < 4.78 is 0. The smallest absolute Gasteiger partial charge is 0.147 e. The molecule has 0 amide bonds. The molecule has 0 fully saturated rings. The first-order valence-electron chi connectivity index (χ1n) is 9.10. The SMILES string of the molecule is CCc1ccccc1NC(c1ccccn1)c1ccc2cccnc2c1O. The molecule has 0 saturated heterocycles. The van der Waals surface area contributed by atoms with E-state index in [9.17, 15) is 5.11 Å². The number of aromatic nitrogens is 2. The van der Waals surface area contributed by atoms with Crippen LogP contribution in [0.4, 0.5) is 5.69 Å². The van der Waals surface area contributed by atoms with Crippen LogP contribution in [-0.4, -0.2) is 15.1 Å². The molecule has 0 saturated carbocycles. The van der Waals surface area contributed by atoms with Crippen LogP contribution in [0.2, 0.25) is 0 Å². The zero-order valence-electron chi connectivity index (χ0n) is 15.1. The van der Waals surface area contributed by atoms with E-state index in [0.717, 1.165) is 28.8 Å². The average Bonchev–Trinajstić information content (AvgIpc) is 2.74. The first-order chi connectivity index (χ1) is 13.3. The topological polar surface area (TPSA) is 58.0 Å². The van der Waals surface area contributed by atoms with Gasteiger partial charge in [0.15, 0.2) is 0 Å². The largest absolute Gasteiger partial charge is 0.505 e. The Bertz CT molecular complexity index is 1060. The Hall–Kier alpha value is -3.40. The molecule has 4 aromatic rings. The van der Waals surface area contributed by atoms with Crippen LogP contribution in [0.1, 0.15) is 29.8 Å². The van der Waals surface area contributed by atoms with Crippen molar-refractivity contribution in [3.05, 3.63) is 95.9 Å². The van der Waals surface area contributed by atoms with E-state index >= 15 is 0 Å². The number of nitrogens with zero attached hydrogens (tertiary/aromatic N) is 2. The van der Waals surface area contributed by atoms with Crippen LogP contribution in [0.25, 0.3) is 10.9 Å². The number of phenolic OH excluding ortho intramolecular Hbond substituents is 1. The number of fused-ring (bicyclic) bond motifs is 1. The normalized spacial score (nSPS) is 12.0. The number of benzene rings is 2. The van der Waals surface area contributed by atoms with Gasteiger partial charge >= 0.3 is 0 Å². The average molecular weight is 355 g/mol.